The minimum Gasteiger partial charge on any atom is -0.485 e. The largest absolute Gasteiger partial charge is 0.485 e. The number of fused-ring (bicyclic) bond motifs is 3. The summed E-state index contributed by atoms with van der Waals surface area (Å²) in [4.78, 5) is 0. The highest BCUT2D eigenvalue weighted by atomic mass is 79.9. The van der Waals surface area contributed by atoms with Crippen LogP contribution < -0.4 is 4.74 Å². The van der Waals surface area contributed by atoms with E-state index in [0.717, 1.165) is 15.3 Å². The molecule has 3 heteroatoms. The smallest absolute Gasteiger partial charge is 0.129 e. The molecule has 0 saturated heterocycles. The predicted molar refractivity (Wildman–Crippen MR) is 64.4 cm³/mol. The zero-order valence-electron chi connectivity index (χ0n) is 7.78. The van der Waals surface area contributed by atoms with Gasteiger partial charge in [-0.25, -0.2) is 0 Å². The molecule has 0 radical (unpaired) electrons. The van der Waals surface area contributed by atoms with Gasteiger partial charge in [-0.3, -0.25) is 0 Å². The van der Waals surface area contributed by atoms with Gasteiger partial charge in [-0.2, -0.15) is 0 Å². The summed E-state index contributed by atoms with van der Waals surface area (Å²) in [5, 5.41) is 0.847. The first-order chi connectivity index (χ1) is 7.25. The molecule has 0 bridgehead atoms. The Balaban J connectivity index is 2.14. The van der Waals surface area contributed by atoms with Crippen molar-refractivity contribution in [2.45, 2.75) is 12.0 Å². The SMILES string of the molecule is ClC1=CC=CC2Oc3ccc(Br)cc3C12. The Morgan fingerprint density at radius 2 is 2.20 bits per heavy atom. The van der Waals surface area contributed by atoms with Crippen LogP contribution in [0.25, 0.3) is 0 Å². The highest BCUT2D eigenvalue weighted by molar-refractivity contribution is 9.10. The zero-order chi connectivity index (χ0) is 10.4. The molecule has 1 nitrogen and oxygen atoms in total. The number of ether oxygens (including phenoxy) is 1. The summed E-state index contributed by atoms with van der Waals surface area (Å²) >= 11 is 9.68. The Kier molecular flexibility index (Phi) is 2.15. The summed E-state index contributed by atoms with van der Waals surface area (Å²) in [5.74, 6) is 1.11. The van der Waals surface area contributed by atoms with Gasteiger partial charge in [-0.05, 0) is 30.4 Å². The Morgan fingerprint density at radius 1 is 1.33 bits per heavy atom. The fraction of sp³-hybridized carbons (Fsp3) is 0.167. The number of hydrogen-bond acceptors (Lipinski definition) is 1. The number of hydrogen-bond donors (Lipinski definition) is 0. The monoisotopic (exact) mass is 282 g/mol. The van der Waals surface area contributed by atoms with Crippen LogP contribution in [0.1, 0.15) is 11.5 Å². The molecule has 0 spiro atoms. The van der Waals surface area contributed by atoms with E-state index in [2.05, 4.69) is 22.0 Å². The van der Waals surface area contributed by atoms with Crippen molar-refractivity contribution in [3.05, 3.63) is 51.5 Å². The van der Waals surface area contributed by atoms with Crippen LogP contribution in [0, 0.1) is 0 Å². The second kappa shape index (κ2) is 3.39. The molecule has 0 aromatic heterocycles. The lowest BCUT2D eigenvalue weighted by Gasteiger charge is -2.17. The average Bonchev–Trinajstić information content (AvgIpc) is 2.57. The molecule has 1 heterocycles. The fourth-order valence-electron chi connectivity index (χ4n) is 2.08. The van der Waals surface area contributed by atoms with E-state index in [4.69, 9.17) is 16.3 Å². The average molecular weight is 284 g/mol. The van der Waals surface area contributed by atoms with E-state index < -0.39 is 0 Å². The third-order valence-corrected chi connectivity index (χ3v) is 3.61. The van der Waals surface area contributed by atoms with E-state index in [9.17, 15) is 0 Å². The quantitative estimate of drug-likeness (QED) is 0.699. The number of rotatable bonds is 0. The summed E-state index contributed by atoms with van der Waals surface area (Å²) in [6, 6.07) is 6.04. The van der Waals surface area contributed by atoms with Crippen molar-refractivity contribution in [3.8, 4) is 5.75 Å². The zero-order valence-corrected chi connectivity index (χ0v) is 10.1. The molecule has 1 aliphatic heterocycles. The molecular weight excluding hydrogens is 275 g/mol. The minimum atomic E-state index is 0.0619. The van der Waals surface area contributed by atoms with Crippen LogP contribution in [0.2, 0.25) is 0 Å². The highest BCUT2D eigenvalue weighted by Gasteiger charge is 2.36. The van der Waals surface area contributed by atoms with Crippen molar-refractivity contribution >= 4 is 27.5 Å². The first-order valence-electron chi connectivity index (χ1n) is 4.76. The normalized spacial score (nSPS) is 26.7. The van der Waals surface area contributed by atoms with Crippen molar-refractivity contribution in [3.63, 3.8) is 0 Å². The Labute approximate surface area is 102 Å². The molecule has 0 fully saturated rings. The maximum atomic E-state index is 6.21. The van der Waals surface area contributed by atoms with E-state index in [0.29, 0.717) is 0 Å². The molecule has 15 heavy (non-hydrogen) atoms. The highest BCUT2D eigenvalue weighted by Crippen LogP contribution is 2.46. The maximum absolute atomic E-state index is 6.21. The number of halogens is 2. The van der Waals surface area contributed by atoms with Gasteiger partial charge >= 0.3 is 0 Å². The van der Waals surface area contributed by atoms with Crippen molar-refractivity contribution < 1.29 is 4.74 Å². The molecule has 3 rings (SSSR count). The standard InChI is InChI=1S/C12H8BrClO/c13-7-4-5-10-8(6-7)12-9(14)2-1-3-11(12)15-10/h1-6,11-12H. The third kappa shape index (κ3) is 1.44. The van der Waals surface area contributed by atoms with Crippen LogP contribution >= 0.6 is 27.5 Å². The van der Waals surface area contributed by atoms with Gasteiger partial charge in [0, 0.05) is 15.1 Å². The molecule has 2 unspecified atom stereocenters. The van der Waals surface area contributed by atoms with Crippen LogP contribution in [-0.4, -0.2) is 6.10 Å². The van der Waals surface area contributed by atoms with Gasteiger partial charge in [0.2, 0.25) is 0 Å². The van der Waals surface area contributed by atoms with E-state index in [1.165, 1.54) is 5.56 Å². The summed E-state index contributed by atoms with van der Waals surface area (Å²) in [7, 11) is 0. The second-order valence-electron chi connectivity index (χ2n) is 3.68. The van der Waals surface area contributed by atoms with Crippen LogP contribution in [0.3, 0.4) is 0 Å². The summed E-state index contributed by atoms with van der Waals surface area (Å²) < 4.78 is 6.86. The van der Waals surface area contributed by atoms with Crippen molar-refractivity contribution in [2.24, 2.45) is 0 Å². The van der Waals surface area contributed by atoms with Gasteiger partial charge in [-0.15, -0.1) is 0 Å². The van der Waals surface area contributed by atoms with E-state index in [1.807, 2.05) is 30.4 Å². The first-order valence-corrected chi connectivity index (χ1v) is 5.93. The lowest BCUT2D eigenvalue weighted by molar-refractivity contribution is 0.267. The molecule has 0 amide bonds. The van der Waals surface area contributed by atoms with Gasteiger partial charge in [0.05, 0.1) is 5.92 Å². The van der Waals surface area contributed by atoms with Crippen LogP contribution in [0.5, 0.6) is 5.75 Å². The van der Waals surface area contributed by atoms with E-state index >= 15 is 0 Å². The molecule has 1 aromatic rings. The fourth-order valence-corrected chi connectivity index (χ4v) is 2.77. The Bertz CT molecular complexity index is 479. The van der Waals surface area contributed by atoms with Gasteiger partial charge < -0.3 is 4.74 Å². The summed E-state index contributed by atoms with van der Waals surface area (Å²) in [5.41, 5.74) is 1.17. The van der Waals surface area contributed by atoms with Gasteiger partial charge in [0.1, 0.15) is 11.9 Å². The summed E-state index contributed by atoms with van der Waals surface area (Å²) in [6.45, 7) is 0. The van der Waals surface area contributed by atoms with Crippen LogP contribution in [0.15, 0.2) is 45.9 Å². The molecule has 0 N–H and O–H groups in total. The lowest BCUT2D eigenvalue weighted by atomic mass is 9.92. The van der Waals surface area contributed by atoms with Gasteiger partial charge in [0.25, 0.3) is 0 Å². The van der Waals surface area contributed by atoms with E-state index in [1.54, 1.807) is 0 Å². The van der Waals surface area contributed by atoms with Gasteiger partial charge in [-0.1, -0.05) is 33.6 Å². The Hall–Kier alpha value is -0.730. The molecule has 0 saturated carbocycles. The molecule has 1 aliphatic carbocycles. The predicted octanol–water partition coefficient (Wildman–Crippen LogP) is 3.99. The van der Waals surface area contributed by atoms with E-state index in [-0.39, 0.29) is 12.0 Å². The number of allylic oxidation sites excluding steroid dienone is 2. The van der Waals surface area contributed by atoms with Crippen molar-refractivity contribution in [1.29, 1.82) is 0 Å². The molecule has 2 atom stereocenters. The molecular formula is C12H8BrClO. The first kappa shape index (κ1) is 9.49. The Morgan fingerprint density at radius 3 is 3.07 bits per heavy atom. The van der Waals surface area contributed by atoms with Crippen molar-refractivity contribution in [2.75, 3.05) is 0 Å². The second-order valence-corrected chi connectivity index (χ2v) is 5.03. The molecule has 76 valence electrons. The maximum Gasteiger partial charge on any atom is 0.129 e. The number of benzene rings is 1. The molecule has 2 aliphatic rings. The van der Waals surface area contributed by atoms with Crippen LogP contribution in [-0.2, 0) is 0 Å². The minimum absolute atomic E-state index is 0.0619. The van der Waals surface area contributed by atoms with Gasteiger partial charge in [0.15, 0.2) is 0 Å². The third-order valence-electron chi connectivity index (χ3n) is 2.75. The summed E-state index contributed by atoms with van der Waals surface area (Å²) in [6.07, 6.45) is 5.99. The van der Waals surface area contributed by atoms with Crippen molar-refractivity contribution in [1.82, 2.24) is 0 Å². The lowest BCUT2D eigenvalue weighted by Crippen LogP contribution is -2.17. The topological polar surface area (TPSA) is 9.23 Å². The molecule has 1 aromatic carbocycles. The van der Waals surface area contributed by atoms with Crippen LogP contribution in [0.4, 0.5) is 0 Å².